The summed E-state index contributed by atoms with van der Waals surface area (Å²) in [5.41, 5.74) is 0.576. The maximum Gasteiger partial charge on any atom is 0.251 e. The number of alkyl halides is 1. The molecular formula is C16H21BrFNO2. The average Bonchev–Trinajstić information content (AvgIpc) is 2.54. The third-order valence-electron chi connectivity index (χ3n) is 4.23. The molecule has 2 rings (SSSR count). The third kappa shape index (κ3) is 3.96. The van der Waals surface area contributed by atoms with Gasteiger partial charge in [-0.25, -0.2) is 4.39 Å². The first-order valence-corrected chi connectivity index (χ1v) is 8.40. The van der Waals surface area contributed by atoms with Crippen molar-refractivity contribution in [1.82, 2.24) is 5.32 Å². The van der Waals surface area contributed by atoms with Crippen LogP contribution in [0.5, 0.6) is 5.75 Å². The molecular weight excluding hydrogens is 337 g/mol. The Morgan fingerprint density at radius 3 is 2.71 bits per heavy atom. The number of methoxy groups -OCH3 is 1. The number of nitrogens with one attached hydrogen (secondary N) is 1. The van der Waals surface area contributed by atoms with Gasteiger partial charge < -0.3 is 10.1 Å². The van der Waals surface area contributed by atoms with Gasteiger partial charge in [0.1, 0.15) is 0 Å². The molecule has 1 aromatic rings. The van der Waals surface area contributed by atoms with Crippen LogP contribution in [-0.4, -0.2) is 24.9 Å². The lowest BCUT2D eigenvalue weighted by Crippen LogP contribution is -2.40. The largest absolute Gasteiger partial charge is 0.494 e. The van der Waals surface area contributed by atoms with Gasteiger partial charge in [0.05, 0.1) is 7.11 Å². The summed E-state index contributed by atoms with van der Waals surface area (Å²) in [5.74, 6) is -0.548. The Hall–Kier alpha value is -1.10. The molecule has 1 amide bonds. The van der Waals surface area contributed by atoms with E-state index in [0.29, 0.717) is 12.1 Å². The zero-order chi connectivity index (χ0) is 15.3. The van der Waals surface area contributed by atoms with Crippen LogP contribution in [0.1, 0.15) is 42.5 Å². The number of amides is 1. The summed E-state index contributed by atoms with van der Waals surface area (Å²) < 4.78 is 18.3. The molecule has 1 aliphatic carbocycles. The zero-order valence-electron chi connectivity index (χ0n) is 12.3. The SMILES string of the molecule is COc1cc(C(=O)NCC2(CBr)CCCCC2)ccc1F. The van der Waals surface area contributed by atoms with E-state index in [4.69, 9.17) is 4.74 Å². The highest BCUT2D eigenvalue weighted by atomic mass is 79.9. The normalized spacial score (nSPS) is 17.3. The molecule has 0 radical (unpaired) electrons. The minimum Gasteiger partial charge on any atom is -0.494 e. The van der Waals surface area contributed by atoms with Crippen molar-refractivity contribution in [2.75, 3.05) is 19.0 Å². The molecule has 0 aromatic heterocycles. The summed E-state index contributed by atoms with van der Waals surface area (Å²) in [4.78, 5) is 12.2. The van der Waals surface area contributed by atoms with Crippen molar-refractivity contribution in [3.63, 3.8) is 0 Å². The minimum atomic E-state index is -0.460. The van der Waals surface area contributed by atoms with Gasteiger partial charge in [-0.1, -0.05) is 35.2 Å². The molecule has 116 valence electrons. The van der Waals surface area contributed by atoms with Gasteiger partial charge in [-0.2, -0.15) is 0 Å². The molecule has 0 spiro atoms. The Balaban J connectivity index is 2.01. The first-order chi connectivity index (χ1) is 10.1. The van der Waals surface area contributed by atoms with Crippen molar-refractivity contribution >= 4 is 21.8 Å². The Morgan fingerprint density at radius 1 is 1.38 bits per heavy atom. The quantitative estimate of drug-likeness (QED) is 0.811. The molecule has 0 saturated heterocycles. The van der Waals surface area contributed by atoms with Gasteiger partial charge in [0, 0.05) is 17.4 Å². The van der Waals surface area contributed by atoms with E-state index >= 15 is 0 Å². The molecule has 3 nitrogen and oxygen atoms in total. The second-order valence-corrected chi connectivity index (χ2v) is 6.29. The summed E-state index contributed by atoms with van der Waals surface area (Å²) in [6.45, 7) is 0.650. The van der Waals surface area contributed by atoms with Gasteiger partial charge in [-0.15, -0.1) is 0 Å². The summed E-state index contributed by atoms with van der Waals surface area (Å²) in [5, 5.41) is 3.88. The fourth-order valence-corrected chi connectivity index (χ4v) is 3.59. The summed E-state index contributed by atoms with van der Waals surface area (Å²) >= 11 is 3.59. The summed E-state index contributed by atoms with van der Waals surface area (Å²) in [7, 11) is 1.39. The Morgan fingerprint density at radius 2 is 2.10 bits per heavy atom. The highest BCUT2D eigenvalue weighted by Gasteiger charge is 2.31. The number of benzene rings is 1. The first kappa shape index (κ1) is 16.3. The van der Waals surface area contributed by atoms with E-state index in [9.17, 15) is 9.18 Å². The Kier molecular flexibility index (Phi) is 5.62. The van der Waals surface area contributed by atoms with Gasteiger partial charge in [-0.3, -0.25) is 4.79 Å². The van der Waals surface area contributed by atoms with Crippen molar-refractivity contribution in [2.24, 2.45) is 5.41 Å². The summed E-state index contributed by atoms with van der Waals surface area (Å²) in [6.07, 6.45) is 5.96. The molecule has 0 heterocycles. The predicted octanol–water partition coefficient (Wildman–Crippen LogP) is 3.91. The lowest BCUT2D eigenvalue weighted by molar-refractivity contribution is 0.0921. The maximum atomic E-state index is 13.4. The van der Waals surface area contributed by atoms with Gasteiger partial charge >= 0.3 is 0 Å². The van der Waals surface area contributed by atoms with E-state index in [1.165, 1.54) is 44.6 Å². The Bertz CT molecular complexity index is 501. The van der Waals surface area contributed by atoms with Crippen LogP contribution >= 0.6 is 15.9 Å². The summed E-state index contributed by atoms with van der Waals surface area (Å²) in [6, 6.07) is 4.18. The fourth-order valence-electron chi connectivity index (χ4n) is 2.83. The molecule has 1 aromatic carbocycles. The van der Waals surface area contributed by atoms with Gasteiger partial charge in [0.25, 0.3) is 5.91 Å². The van der Waals surface area contributed by atoms with E-state index < -0.39 is 5.82 Å². The number of hydrogen-bond acceptors (Lipinski definition) is 2. The third-order valence-corrected chi connectivity index (χ3v) is 5.42. The van der Waals surface area contributed by atoms with Crippen LogP contribution < -0.4 is 10.1 Å². The minimum absolute atomic E-state index is 0.0931. The molecule has 0 bridgehead atoms. The lowest BCUT2D eigenvalue weighted by atomic mass is 9.75. The standard InChI is InChI=1S/C16H21BrFNO2/c1-21-14-9-12(5-6-13(14)18)15(20)19-11-16(10-17)7-3-2-4-8-16/h5-6,9H,2-4,7-8,10-11H2,1H3,(H,19,20). The highest BCUT2D eigenvalue weighted by Crippen LogP contribution is 2.37. The van der Waals surface area contributed by atoms with E-state index in [1.807, 2.05) is 0 Å². The van der Waals surface area contributed by atoms with Crippen LogP contribution in [0.3, 0.4) is 0 Å². The topological polar surface area (TPSA) is 38.3 Å². The number of halogens is 2. The number of rotatable bonds is 5. The van der Waals surface area contributed by atoms with Gasteiger partial charge in [0.15, 0.2) is 11.6 Å². The highest BCUT2D eigenvalue weighted by molar-refractivity contribution is 9.09. The van der Waals surface area contributed by atoms with E-state index in [2.05, 4.69) is 21.2 Å². The zero-order valence-corrected chi connectivity index (χ0v) is 13.8. The molecule has 0 aliphatic heterocycles. The molecule has 5 heteroatoms. The second kappa shape index (κ2) is 7.25. The lowest BCUT2D eigenvalue weighted by Gasteiger charge is -2.35. The molecule has 1 aliphatic rings. The first-order valence-electron chi connectivity index (χ1n) is 7.28. The average molecular weight is 358 g/mol. The van der Waals surface area contributed by atoms with Crippen molar-refractivity contribution in [3.8, 4) is 5.75 Å². The molecule has 1 fully saturated rings. The van der Waals surface area contributed by atoms with Crippen LogP contribution in [0.4, 0.5) is 4.39 Å². The predicted molar refractivity (Wildman–Crippen MR) is 84.6 cm³/mol. The molecule has 21 heavy (non-hydrogen) atoms. The van der Waals surface area contributed by atoms with Crippen LogP contribution in [0.15, 0.2) is 18.2 Å². The van der Waals surface area contributed by atoms with Gasteiger partial charge in [-0.05, 0) is 36.5 Å². The van der Waals surface area contributed by atoms with Crippen molar-refractivity contribution in [3.05, 3.63) is 29.6 Å². The number of carbonyl (C=O) groups is 1. The number of ether oxygens (including phenoxy) is 1. The smallest absolute Gasteiger partial charge is 0.251 e. The van der Waals surface area contributed by atoms with Gasteiger partial charge in [0.2, 0.25) is 0 Å². The monoisotopic (exact) mass is 357 g/mol. The van der Waals surface area contributed by atoms with Crippen molar-refractivity contribution in [1.29, 1.82) is 0 Å². The molecule has 1 saturated carbocycles. The second-order valence-electron chi connectivity index (χ2n) is 5.73. The molecule has 1 N–H and O–H groups in total. The van der Waals surface area contributed by atoms with Crippen LogP contribution in [0.2, 0.25) is 0 Å². The van der Waals surface area contributed by atoms with Crippen LogP contribution in [-0.2, 0) is 0 Å². The molecule has 0 atom stereocenters. The number of hydrogen-bond donors (Lipinski definition) is 1. The maximum absolute atomic E-state index is 13.4. The van der Waals surface area contributed by atoms with Crippen LogP contribution in [0.25, 0.3) is 0 Å². The van der Waals surface area contributed by atoms with E-state index in [0.717, 1.165) is 18.2 Å². The van der Waals surface area contributed by atoms with E-state index in [-0.39, 0.29) is 17.1 Å². The Labute approximate surface area is 133 Å². The number of carbonyl (C=O) groups excluding carboxylic acids is 1. The fraction of sp³-hybridized carbons (Fsp3) is 0.562. The van der Waals surface area contributed by atoms with Crippen LogP contribution in [0, 0.1) is 11.2 Å². The van der Waals surface area contributed by atoms with E-state index in [1.54, 1.807) is 0 Å². The van der Waals surface area contributed by atoms with Crippen molar-refractivity contribution in [2.45, 2.75) is 32.1 Å². The molecule has 0 unspecified atom stereocenters. The van der Waals surface area contributed by atoms with Crippen molar-refractivity contribution < 1.29 is 13.9 Å².